The van der Waals surface area contributed by atoms with Crippen molar-refractivity contribution >= 4 is 11.6 Å². The Morgan fingerprint density at radius 3 is 2.43 bits per heavy atom. The van der Waals surface area contributed by atoms with Crippen LogP contribution in [0.25, 0.3) is 0 Å². The van der Waals surface area contributed by atoms with E-state index in [9.17, 15) is 18.0 Å². The van der Waals surface area contributed by atoms with Gasteiger partial charge in [-0.15, -0.1) is 0 Å². The van der Waals surface area contributed by atoms with Crippen molar-refractivity contribution in [3.63, 3.8) is 0 Å². The molecular formula is C21H30F3N3O. The van der Waals surface area contributed by atoms with E-state index in [1.54, 1.807) is 12.1 Å². The molecule has 2 aliphatic rings. The van der Waals surface area contributed by atoms with Gasteiger partial charge in [-0.3, -0.25) is 4.79 Å². The molecule has 3 rings (SSSR count). The molecule has 4 atom stereocenters. The van der Waals surface area contributed by atoms with E-state index >= 15 is 0 Å². The monoisotopic (exact) mass is 397 g/mol. The molecule has 2 N–H and O–H groups in total. The Labute approximate surface area is 164 Å². The van der Waals surface area contributed by atoms with Gasteiger partial charge in [0.25, 0.3) is 0 Å². The van der Waals surface area contributed by atoms with Crippen LogP contribution in [0.5, 0.6) is 0 Å². The van der Waals surface area contributed by atoms with Crippen molar-refractivity contribution in [2.24, 2.45) is 17.8 Å². The van der Waals surface area contributed by atoms with E-state index in [-0.39, 0.29) is 18.0 Å². The zero-order valence-corrected chi connectivity index (χ0v) is 16.7. The van der Waals surface area contributed by atoms with Crippen LogP contribution < -0.4 is 15.5 Å². The Kier molecular flexibility index (Phi) is 6.22. The van der Waals surface area contributed by atoms with Gasteiger partial charge in [-0.1, -0.05) is 13.8 Å². The van der Waals surface area contributed by atoms with Crippen molar-refractivity contribution < 1.29 is 18.0 Å². The number of amides is 1. The summed E-state index contributed by atoms with van der Waals surface area (Å²) in [5.41, 5.74) is 0.199. The third kappa shape index (κ3) is 4.62. The molecule has 0 radical (unpaired) electrons. The van der Waals surface area contributed by atoms with Gasteiger partial charge in [0.15, 0.2) is 0 Å². The zero-order chi connectivity index (χ0) is 20.5. The van der Waals surface area contributed by atoms with E-state index in [1.807, 2.05) is 7.05 Å². The van der Waals surface area contributed by atoms with E-state index < -0.39 is 11.7 Å². The fraction of sp³-hybridized carbons (Fsp3) is 0.667. The van der Waals surface area contributed by atoms with Gasteiger partial charge in [0.1, 0.15) is 0 Å². The van der Waals surface area contributed by atoms with Crippen molar-refractivity contribution in [1.82, 2.24) is 10.6 Å². The highest BCUT2D eigenvalue weighted by molar-refractivity contribution is 5.82. The smallest absolute Gasteiger partial charge is 0.371 e. The first-order valence-corrected chi connectivity index (χ1v) is 10.1. The Balaban J connectivity index is 1.61. The van der Waals surface area contributed by atoms with Crippen LogP contribution in [-0.4, -0.2) is 38.1 Å². The third-order valence-electron chi connectivity index (χ3n) is 6.12. The fourth-order valence-corrected chi connectivity index (χ4v) is 4.63. The summed E-state index contributed by atoms with van der Waals surface area (Å²) in [6.07, 6.45) is -1.50. The number of rotatable bonds is 6. The molecule has 7 heteroatoms. The van der Waals surface area contributed by atoms with Gasteiger partial charge >= 0.3 is 6.18 Å². The number of nitrogens with one attached hydrogen (secondary N) is 2. The van der Waals surface area contributed by atoms with E-state index in [0.717, 1.165) is 50.2 Å². The molecule has 1 aromatic carbocycles. The second-order valence-corrected chi connectivity index (χ2v) is 8.54. The summed E-state index contributed by atoms with van der Waals surface area (Å²) in [6, 6.07) is 5.35. The molecule has 4 nitrogen and oxygen atoms in total. The Morgan fingerprint density at radius 2 is 1.86 bits per heavy atom. The first-order chi connectivity index (χ1) is 13.2. The number of alkyl halides is 3. The highest BCUT2D eigenvalue weighted by atomic mass is 19.4. The van der Waals surface area contributed by atoms with Crippen molar-refractivity contribution in [3.05, 3.63) is 29.8 Å². The van der Waals surface area contributed by atoms with Crippen LogP contribution >= 0.6 is 0 Å². The standard InChI is InChI=1S/C21H30F3N3O/c1-13(2)10-19(25-3)20(28)26-18-9-4-14-11-27(12-17(14)18)16-7-5-15(6-8-16)21(22,23)24/h5-8,13-14,17-19,25H,4,9-12H2,1-3H3,(H,26,28)/t14-,17+,18+,19+/m1/s1. The van der Waals surface area contributed by atoms with Crippen LogP contribution in [0.3, 0.4) is 0 Å². The van der Waals surface area contributed by atoms with E-state index in [4.69, 9.17) is 0 Å². The number of hydrogen-bond donors (Lipinski definition) is 2. The summed E-state index contributed by atoms with van der Waals surface area (Å²) in [6.45, 7) is 5.81. The molecule has 1 saturated carbocycles. The largest absolute Gasteiger partial charge is 0.416 e. The lowest BCUT2D eigenvalue weighted by molar-refractivity contribution is -0.137. The maximum absolute atomic E-state index is 12.8. The summed E-state index contributed by atoms with van der Waals surface area (Å²) >= 11 is 0. The van der Waals surface area contributed by atoms with Gasteiger partial charge in [-0.05, 0) is 62.4 Å². The molecule has 0 spiro atoms. The predicted molar refractivity (Wildman–Crippen MR) is 104 cm³/mol. The second-order valence-electron chi connectivity index (χ2n) is 8.54. The second kappa shape index (κ2) is 8.31. The fourth-order valence-electron chi connectivity index (χ4n) is 4.63. The molecule has 0 aromatic heterocycles. The number of anilines is 1. The van der Waals surface area contributed by atoms with Crippen LogP contribution in [0.15, 0.2) is 24.3 Å². The summed E-state index contributed by atoms with van der Waals surface area (Å²) in [7, 11) is 1.81. The number of carbonyl (C=O) groups excluding carboxylic acids is 1. The lowest BCUT2D eigenvalue weighted by Crippen LogP contribution is -2.49. The Morgan fingerprint density at radius 1 is 1.18 bits per heavy atom. The molecule has 2 fully saturated rings. The highest BCUT2D eigenvalue weighted by Crippen LogP contribution is 2.40. The molecule has 1 heterocycles. The van der Waals surface area contributed by atoms with Gasteiger partial charge < -0.3 is 15.5 Å². The van der Waals surface area contributed by atoms with Gasteiger partial charge in [0, 0.05) is 30.7 Å². The Hall–Kier alpha value is -1.76. The van der Waals surface area contributed by atoms with E-state index in [1.165, 1.54) is 0 Å². The number of carbonyl (C=O) groups is 1. The molecular weight excluding hydrogens is 367 g/mol. The minimum absolute atomic E-state index is 0.0508. The topological polar surface area (TPSA) is 44.4 Å². The lowest BCUT2D eigenvalue weighted by atomic mass is 9.97. The lowest BCUT2D eigenvalue weighted by Gasteiger charge is -2.25. The minimum Gasteiger partial charge on any atom is -0.371 e. The van der Waals surface area contributed by atoms with Crippen molar-refractivity contribution in [2.75, 3.05) is 25.0 Å². The summed E-state index contributed by atoms with van der Waals surface area (Å²) < 4.78 is 38.3. The van der Waals surface area contributed by atoms with Crippen LogP contribution in [-0.2, 0) is 11.0 Å². The quantitative estimate of drug-likeness (QED) is 0.770. The van der Waals surface area contributed by atoms with Crippen molar-refractivity contribution in [2.45, 2.75) is 51.4 Å². The van der Waals surface area contributed by atoms with Gasteiger partial charge in [0.05, 0.1) is 11.6 Å². The highest BCUT2D eigenvalue weighted by Gasteiger charge is 2.43. The maximum Gasteiger partial charge on any atom is 0.416 e. The van der Waals surface area contributed by atoms with Crippen LogP contribution in [0.4, 0.5) is 18.9 Å². The average Bonchev–Trinajstić information content (AvgIpc) is 3.21. The van der Waals surface area contributed by atoms with Gasteiger partial charge in [-0.25, -0.2) is 0 Å². The molecule has 156 valence electrons. The maximum atomic E-state index is 12.8. The van der Waals surface area contributed by atoms with Gasteiger partial charge in [0.2, 0.25) is 5.91 Å². The van der Waals surface area contributed by atoms with Crippen LogP contribution in [0.2, 0.25) is 0 Å². The molecule has 0 unspecified atom stereocenters. The molecule has 0 bridgehead atoms. The Bertz CT molecular complexity index is 674. The molecule has 1 amide bonds. The first kappa shape index (κ1) is 21.0. The van der Waals surface area contributed by atoms with Crippen molar-refractivity contribution in [3.8, 4) is 0 Å². The van der Waals surface area contributed by atoms with E-state index in [2.05, 4.69) is 29.4 Å². The number of halogens is 3. The number of hydrogen-bond acceptors (Lipinski definition) is 3. The molecule has 1 aromatic rings. The number of benzene rings is 1. The van der Waals surface area contributed by atoms with Crippen LogP contribution in [0, 0.1) is 17.8 Å². The summed E-state index contributed by atoms with van der Waals surface area (Å²) in [5.74, 6) is 1.31. The molecule has 1 aliphatic carbocycles. The zero-order valence-electron chi connectivity index (χ0n) is 16.7. The molecule has 1 saturated heterocycles. The summed E-state index contributed by atoms with van der Waals surface area (Å²) in [4.78, 5) is 14.8. The summed E-state index contributed by atoms with van der Waals surface area (Å²) in [5, 5.41) is 6.34. The number of nitrogens with zero attached hydrogens (tertiary/aromatic N) is 1. The predicted octanol–water partition coefficient (Wildman–Crippen LogP) is 3.67. The molecule has 28 heavy (non-hydrogen) atoms. The SMILES string of the molecule is CN[C@@H](CC(C)C)C(=O)N[C@H]1CC[C@@H]2CN(c3ccc(C(F)(F)F)cc3)C[C@@H]21. The van der Waals surface area contributed by atoms with E-state index in [0.29, 0.717) is 17.8 Å². The minimum atomic E-state index is -4.31. The van der Waals surface area contributed by atoms with Gasteiger partial charge in [-0.2, -0.15) is 13.2 Å². The number of likely N-dealkylation sites (N-methyl/N-ethyl adjacent to an activating group) is 1. The first-order valence-electron chi connectivity index (χ1n) is 10.1. The number of fused-ring (bicyclic) bond motifs is 1. The van der Waals surface area contributed by atoms with Crippen LogP contribution in [0.1, 0.15) is 38.7 Å². The van der Waals surface area contributed by atoms with Crippen molar-refractivity contribution in [1.29, 1.82) is 0 Å². The normalized spacial score (nSPS) is 25.8. The average molecular weight is 397 g/mol. The molecule has 1 aliphatic heterocycles. The third-order valence-corrected chi connectivity index (χ3v) is 6.12.